The number of hydrogen-bond acceptors (Lipinski definition) is 9. The van der Waals surface area contributed by atoms with Crippen molar-refractivity contribution in [3.8, 4) is 5.75 Å². The van der Waals surface area contributed by atoms with E-state index in [1.165, 1.54) is 29.2 Å². The predicted octanol–water partition coefficient (Wildman–Crippen LogP) is 4.74. The van der Waals surface area contributed by atoms with Gasteiger partial charge in [0.15, 0.2) is 6.61 Å². The van der Waals surface area contributed by atoms with Crippen LogP contribution >= 0.6 is 34.7 Å². The molecule has 2 aliphatic heterocycles. The van der Waals surface area contributed by atoms with Crippen LogP contribution in [0, 0.1) is 36.5 Å². The SMILES string of the molecule is Cc1ccc(N2C(=O)[C@H]3[C@H]4C[C@@H]([C@@H]3C2=O)[C@@H]2[C@H](c3cc(Cl)ccc3OCC(=O)Nc3ccc(S(N)(=O)=O)cc3)c3sc(=O)[nH]c3S[C@H]42)cc1. The van der Waals surface area contributed by atoms with Crippen molar-refractivity contribution >= 4 is 73.8 Å². The van der Waals surface area contributed by atoms with Crippen LogP contribution in [0.1, 0.15) is 28.3 Å². The lowest BCUT2D eigenvalue weighted by atomic mass is 9.68. The summed E-state index contributed by atoms with van der Waals surface area (Å²) in [5.74, 6) is -1.99. The van der Waals surface area contributed by atoms with E-state index in [2.05, 4.69) is 10.3 Å². The Balaban J connectivity index is 1.11. The number of imide groups is 1. The summed E-state index contributed by atoms with van der Waals surface area (Å²) in [5.41, 5.74) is 2.66. The Kier molecular flexibility index (Phi) is 7.79. The fourth-order valence-electron chi connectivity index (χ4n) is 8.28. The number of nitrogens with one attached hydrogen (secondary N) is 2. The monoisotopic (exact) mass is 736 g/mol. The highest BCUT2D eigenvalue weighted by Gasteiger charge is 2.69. The lowest BCUT2D eigenvalue weighted by Gasteiger charge is -2.43. The molecule has 8 rings (SSSR count). The molecule has 2 saturated carbocycles. The van der Waals surface area contributed by atoms with Crippen LogP contribution in [0.25, 0.3) is 0 Å². The zero-order valence-corrected chi connectivity index (χ0v) is 29.0. The number of aryl methyl sites for hydroxylation is 1. The first-order chi connectivity index (χ1) is 23.4. The van der Waals surface area contributed by atoms with Crippen LogP contribution < -0.4 is 25.0 Å². The van der Waals surface area contributed by atoms with Crippen LogP contribution in [0.5, 0.6) is 5.75 Å². The third-order valence-electron chi connectivity index (χ3n) is 10.1. The summed E-state index contributed by atoms with van der Waals surface area (Å²) in [6.45, 7) is 1.59. The minimum absolute atomic E-state index is 0.0424. The summed E-state index contributed by atoms with van der Waals surface area (Å²) in [6.07, 6.45) is 0.718. The van der Waals surface area contributed by atoms with Gasteiger partial charge < -0.3 is 15.0 Å². The molecule has 1 saturated heterocycles. The molecule has 0 unspecified atom stereocenters. The second-order valence-electron chi connectivity index (χ2n) is 12.9. The van der Waals surface area contributed by atoms with E-state index in [0.29, 0.717) is 27.7 Å². The van der Waals surface area contributed by atoms with E-state index < -0.39 is 27.8 Å². The molecule has 4 N–H and O–H groups in total. The second kappa shape index (κ2) is 11.8. The van der Waals surface area contributed by atoms with Gasteiger partial charge in [0.1, 0.15) is 5.75 Å². The van der Waals surface area contributed by atoms with E-state index in [9.17, 15) is 27.6 Å². The van der Waals surface area contributed by atoms with Gasteiger partial charge in [-0.05, 0) is 85.7 Å². The molecule has 3 heterocycles. The fraction of sp³-hybridized carbons (Fsp3) is 0.294. The molecule has 2 aliphatic carbocycles. The van der Waals surface area contributed by atoms with E-state index in [1.807, 2.05) is 31.2 Å². The van der Waals surface area contributed by atoms with Crippen LogP contribution in [0.2, 0.25) is 5.02 Å². The van der Waals surface area contributed by atoms with Gasteiger partial charge in [-0.1, -0.05) is 40.6 Å². The van der Waals surface area contributed by atoms with Gasteiger partial charge >= 0.3 is 4.87 Å². The van der Waals surface area contributed by atoms with Crippen molar-refractivity contribution in [3.05, 3.63) is 97.4 Å². The minimum atomic E-state index is -3.88. The summed E-state index contributed by atoms with van der Waals surface area (Å²) in [4.78, 5) is 58.6. The van der Waals surface area contributed by atoms with Crippen molar-refractivity contribution in [2.45, 2.75) is 34.4 Å². The standard InChI is InChI=1S/C34H29ClN4O7S3/c1-15-2-7-18(8-3-15)39-32(41)27-21-13-22(28(27)33(39)42)29-26(21)25(30-31(47-29)38-34(43)48-30)20-12-16(35)4-11-23(20)46-14-24(40)37-17-5-9-19(10-6-17)49(36,44)45/h2-12,21-22,25-29H,13-14H2,1H3,(H,37,40)(H,38,43)(H2,36,44,45)/t21-,22-,25+,26-,27+,28+,29-/m1/s1. The average molecular weight is 737 g/mol. The number of benzene rings is 3. The van der Waals surface area contributed by atoms with Crippen molar-refractivity contribution in [2.75, 3.05) is 16.8 Å². The van der Waals surface area contributed by atoms with Crippen LogP contribution in [-0.2, 0) is 24.4 Å². The smallest absolute Gasteiger partial charge is 0.305 e. The molecule has 4 aromatic rings. The van der Waals surface area contributed by atoms with Gasteiger partial charge in [0.25, 0.3) is 5.91 Å². The van der Waals surface area contributed by atoms with Crippen LogP contribution in [0.4, 0.5) is 11.4 Å². The predicted molar refractivity (Wildman–Crippen MR) is 186 cm³/mol. The zero-order valence-electron chi connectivity index (χ0n) is 25.8. The number of rotatable bonds is 7. The van der Waals surface area contributed by atoms with Gasteiger partial charge in [-0.3, -0.25) is 24.1 Å². The number of carbonyl (C=O) groups is 3. The number of sulfonamides is 1. The number of hydrogen-bond donors (Lipinski definition) is 3. The average Bonchev–Trinajstić information content (AvgIpc) is 3.79. The lowest BCUT2D eigenvalue weighted by molar-refractivity contribution is -0.123. The number of thiazole rings is 1. The molecule has 1 aromatic heterocycles. The topological polar surface area (TPSA) is 169 Å². The number of H-pyrrole nitrogens is 1. The van der Waals surface area contributed by atoms with Crippen molar-refractivity contribution in [2.24, 2.45) is 34.7 Å². The molecular weight excluding hydrogens is 708 g/mol. The number of aromatic amines is 1. The van der Waals surface area contributed by atoms with Gasteiger partial charge in [0.2, 0.25) is 21.8 Å². The Morgan fingerprint density at radius 3 is 2.41 bits per heavy atom. The molecule has 15 heteroatoms. The Morgan fingerprint density at radius 2 is 1.71 bits per heavy atom. The quantitative estimate of drug-likeness (QED) is 0.229. The number of primary sulfonamides is 1. The molecule has 0 radical (unpaired) electrons. The first kappa shape index (κ1) is 32.3. The molecule has 2 bridgehead atoms. The Hall–Kier alpha value is -3.95. The third kappa shape index (κ3) is 5.40. The van der Waals surface area contributed by atoms with E-state index in [0.717, 1.165) is 33.2 Å². The highest BCUT2D eigenvalue weighted by Crippen LogP contribution is 2.69. The molecule has 49 heavy (non-hydrogen) atoms. The van der Waals surface area contributed by atoms with Crippen molar-refractivity contribution < 1.29 is 27.5 Å². The minimum Gasteiger partial charge on any atom is -0.483 e. The molecule has 7 atom stereocenters. The van der Waals surface area contributed by atoms with Crippen molar-refractivity contribution in [3.63, 3.8) is 0 Å². The van der Waals surface area contributed by atoms with E-state index >= 15 is 0 Å². The number of nitrogens with two attached hydrogens (primary N) is 1. The van der Waals surface area contributed by atoms with Gasteiger partial charge in [-0.25, -0.2) is 13.6 Å². The highest BCUT2D eigenvalue weighted by atomic mass is 35.5. The molecule has 3 amide bonds. The first-order valence-electron chi connectivity index (χ1n) is 15.6. The Morgan fingerprint density at radius 1 is 1.02 bits per heavy atom. The number of amides is 3. The normalized spacial score (nSPS) is 26.8. The molecule has 252 valence electrons. The number of fused-ring (bicyclic) bond motifs is 9. The maximum atomic E-state index is 14.1. The molecule has 3 fully saturated rings. The van der Waals surface area contributed by atoms with Crippen molar-refractivity contribution in [1.29, 1.82) is 0 Å². The van der Waals surface area contributed by atoms with Crippen molar-refractivity contribution in [1.82, 2.24) is 4.98 Å². The maximum absolute atomic E-state index is 14.1. The highest BCUT2D eigenvalue weighted by molar-refractivity contribution is 8.00. The number of nitrogens with zero attached hydrogens (tertiary/aromatic N) is 1. The molecule has 4 aliphatic rings. The Labute approximate surface area is 294 Å². The number of carbonyl (C=O) groups excluding carboxylic acids is 3. The number of halogens is 1. The molecule has 0 spiro atoms. The lowest BCUT2D eigenvalue weighted by Crippen LogP contribution is -2.42. The summed E-state index contributed by atoms with van der Waals surface area (Å²) in [7, 11) is -3.88. The Bertz CT molecular complexity index is 2200. The number of anilines is 2. The summed E-state index contributed by atoms with van der Waals surface area (Å²) >= 11 is 9.27. The van der Waals surface area contributed by atoms with Crippen LogP contribution in [-0.4, -0.2) is 43.0 Å². The number of thioether (sulfide) groups is 1. The van der Waals surface area contributed by atoms with E-state index in [-0.39, 0.29) is 57.1 Å². The van der Waals surface area contributed by atoms with Gasteiger partial charge in [0.05, 0.1) is 27.4 Å². The fourth-order valence-corrected chi connectivity index (χ4v) is 11.9. The number of aromatic nitrogens is 1. The number of ether oxygens (including phenoxy) is 1. The van der Waals surface area contributed by atoms with Gasteiger partial charge in [-0.2, -0.15) is 0 Å². The van der Waals surface area contributed by atoms with Crippen LogP contribution in [0.15, 0.2) is 81.4 Å². The second-order valence-corrected chi connectivity index (χ2v) is 17.1. The largest absolute Gasteiger partial charge is 0.483 e. The molecule has 3 aromatic carbocycles. The molecule has 11 nitrogen and oxygen atoms in total. The van der Waals surface area contributed by atoms with E-state index in [1.54, 1.807) is 30.0 Å². The first-order valence-corrected chi connectivity index (χ1v) is 19.2. The summed E-state index contributed by atoms with van der Waals surface area (Å²) in [5, 5.41) is 8.99. The third-order valence-corrected chi connectivity index (χ3v) is 13.9. The maximum Gasteiger partial charge on any atom is 0.305 e. The summed E-state index contributed by atoms with van der Waals surface area (Å²) in [6, 6.07) is 18.0. The van der Waals surface area contributed by atoms with Gasteiger partial charge in [0, 0.05) is 32.3 Å². The van der Waals surface area contributed by atoms with Crippen LogP contribution in [0.3, 0.4) is 0 Å². The van der Waals surface area contributed by atoms with E-state index in [4.69, 9.17) is 21.5 Å². The molecular formula is C34H29ClN4O7S3. The summed E-state index contributed by atoms with van der Waals surface area (Å²) < 4.78 is 29.3. The van der Waals surface area contributed by atoms with Gasteiger partial charge in [-0.15, -0.1) is 11.8 Å². The zero-order chi connectivity index (χ0) is 34.4.